The highest BCUT2D eigenvalue weighted by Gasteiger charge is 2.06. The summed E-state index contributed by atoms with van der Waals surface area (Å²) in [6.07, 6.45) is 3.36. The molecule has 2 rings (SSSR count). The topological polar surface area (TPSA) is 34.9 Å². The maximum absolute atomic E-state index is 11.8. The van der Waals surface area contributed by atoms with Crippen LogP contribution in [-0.4, -0.2) is 15.7 Å². The van der Waals surface area contributed by atoms with E-state index in [1.807, 2.05) is 43.5 Å². The second-order valence-electron chi connectivity index (χ2n) is 3.53. The Morgan fingerprint density at radius 1 is 1.50 bits per heavy atom. The first-order valence-electron chi connectivity index (χ1n) is 4.96. The van der Waals surface area contributed by atoms with E-state index in [1.54, 1.807) is 17.4 Å². The number of hydrogen-bond acceptors (Lipinski definition) is 3. The minimum atomic E-state index is -0.112. The van der Waals surface area contributed by atoms with Gasteiger partial charge in [0.1, 0.15) is 0 Å². The van der Waals surface area contributed by atoms with Crippen LogP contribution in [0.25, 0.3) is 6.08 Å². The van der Waals surface area contributed by atoms with Crippen molar-refractivity contribution in [2.45, 2.75) is 13.8 Å². The number of thiophene rings is 1. The first kappa shape index (κ1) is 10.8. The molecule has 82 valence electrons. The van der Waals surface area contributed by atoms with Crippen molar-refractivity contribution in [3.63, 3.8) is 0 Å². The fraction of sp³-hybridized carbons (Fsp3) is 0.167. The van der Waals surface area contributed by atoms with E-state index in [4.69, 9.17) is 0 Å². The highest BCUT2D eigenvalue weighted by molar-refractivity contribution is 7.10. The second kappa shape index (κ2) is 4.45. The van der Waals surface area contributed by atoms with Gasteiger partial charge in [0.25, 0.3) is 5.91 Å². The van der Waals surface area contributed by atoms with Gasteiger partial charge >= 0.3 is 0 Å². The number of carbonyl (C=O) groups excluding carboxylic acids is 1. The van der Waals surface area contributed by atoms with Crippen molar-refractivity contribution in [2.24, 2.45) is 0 Å². The summed E-state index contributed by atoms with van der Waals surface area (Å²) in [7, 11) is 0. The standard InChI is InChI=1S/C12H12N2OS/c1-9-8-10(2)14(13-9)12(15)6-5-11-4-3-7-16-11/h3-8H,1-2H3/b6-5+. The lowest BCUT2D eigenvalue weighted by molar-refractivity contribution is 0.0952. The molecule has 0 radical (unpaired) electrons. The smallest absolute Gasteiger partial charge is 0.267 e. The van der Waals surface area contributed by atoms with Crippen LogP contribution >= 0.6 is 11.3 Å². The van der Waals surface area contributed by atoms with E-state index in [1.165, 1.54) is 4.68 Å². The molecule has 0 N–H and O–H groups in total. The summed E-state index contributed by atoms with van der Waals surface area (Å²) in [4.78, 5) is 12.9. The van der Waals surface area contributed by atoms with Gasteiger partial charge < -0.3 is 0 Å². The monoisotopic (exact) mass is 232 g/mol. The average molecular weight is 232 g/mol. The summed E-state index contributed by atoms with van der Waals surface area (Å²) < 4.78 is 1.42. The van der Waals surface area contributed by atoms with E-state index < -0.39 is 0 Å². The number of carbonyl (C=O) groups is 1. The molecule has 0 unspecified atom stereocenters. The molecule has 0 aliphatic rings. The lowest BCUT2D eigenvalue weighted by Crippen LogP contribution is -2.10. The van der Waals surface area contributed by atoms with Crippen LogP contribution in [0.3, 0.4) is 0 Å². The van der Waals surface area contributed by atoms with E-state index in [2.05, 4.69) is 5.10 Å². The summed E-state index contributed by atoms with van der Waals surface area (Å²) in [5, 5.41) is 6.11. The lowest BCUT2D eigenvalue weighted by atomic mass is 10.4. The summed E-state index contributed by atoms with van der Waals surface area (Å²) in [5.74, 6) is -0.112. The number of rotatable bonds is 2. The van der Waals surface area contributed by atoms with Crippen molar-refractivity contribution in [3.8, 4) is 0 Å². The number of nitrogens with zero attached hydrogens (tertiary/aromatic N) is 2. The molecular formula is C12H12N2OS. The Morgan fingerprint density at radius 2 is 2.31 bits per heavy atom. The van der Waals surface area contributed by atoms with Crippen LogP contribution < -0.4 is 0 Å². The van der Waals surface area contributed by atoms with Crippen LogP contribution in [0, 0.1) is 13.8 Å². The molecule has 4 heteroatoms. The molecule has 2 aromatic rings. The van der Waals surface area contributed by atoms with Crippen LogP contribution in [0.2, 0.25) is 0 Å². The molecule has 0 aromatic carbocycles. The van der Waals surface area contributed by atoms with Gasteiger partial charge in [-0.2, -0.15) is 5.10 Å². The van der Waals surface area contributed by atoms with Gasteiger partial charge in [0, 0.05) is 16.6 Å². The third-order valence-electron chi connectivity index (χ3n) is 2.15. The maximum atomic E-state index is 11.8. The molecule has 0 atom stereocenters. The third-order valence-corrected chi connectivity index (χ3v) is 2.99. The molecule has 0 saturated heterocycles. The van der Waals surface area contributed by atoms with Crippen molar-refractivity contribution >= 4 is 23.3 Å². The van der Waals surface area contributed by atoms with Crippen molar-refractivity contribution in [1.29, 1.82) is 0 Å². The summed E-state index contributed by atoms with van der Waals surface area (Å²) >= 11 is 1.60. The van der Waals surface area contributed by atoms with E-state index >= 15 is 0 Å². The first-order valence-corrected chi connectivity index (χ1v) is 5.84. The van der Waals surface area contributed by atoms with Crippen LogP contribution in [-0.2, 0) is 0 Å². The fourth-order valence-corrected chi connectivity index (χ4v) is 2.08. The van der Waals surface area contributed by atoms with Gasteiger partial charge in [-0.1, -0.05) is 6.07 Å². The Hall–Kier alpha value is -1.68. The molecular weight excluding hydrogens is 220 g/mol. The van der Waals surface area contributed by atoms with E-state index in [0.29, 0.717) is 0 Å². The minimum Gasteiger partial charge on any atom is -0.267 e. The Labute approximate surface area is 98.0 Å². The number of hydrogen-bond donors (Lipinski definition) is 0. The molecule has 0 saturated carbocycles. The van der Waals surface area contributed by atoms with E-state index in [0.717, 1.165) is 16.3 Å². The first-order chi connectivity index (χ1) is 7.66. The van der Waals surface area contributed by atoms with Gasteiger partial charge in [-0.3, -0.25) is 4.79 Å². The Bertz CT molecular complexity index is 523. The molecule has 3 nitrogen and oxygen atoms in total. The molecule has 0 aliphatic carbocycles. The number of aryl methyl sites for hydroxylation is 2. The fourth-order valence-electron chi connectivity index (χ4n) is 1.46. The average Bonchev–Trinajstić information content (AvgIpc) is 2.84. The summed E-state index contributed by atoms with van der Waals surface area (Å²) in [6.45, 7) is 3.75. The molecule has 0 spiro atoms. The SMILES string of the molecule is Cc1cc(C)n(C(=O)/C=C/c2cccs2)n1. The molecule has 2 heterocycles. The highest BCUT2D eigenvalue weighted by Crippen LogP contribution is 2.10. The van der Waals surface area contributed by atoms with Gasteiger partial charge in [-0.05, 0) is 37.4 Å². The van der Waals surface area contributed by atoms with Gasteiger partial charge in [-0.25, -0.2) is 4.68 Å². The summed E-state index contributed by atoms with van der Waals surface area (Å²) in [5.41, 5.74) is 1.72. The molecule has 0 fully saturated rings. The molecule has 0 bridgehead atoms. The number of aromatic nitrogens is 2. The van der Waals surface area contributed by atoms with Gasteiger partial charge in [-0.15, -0.1) is 11.3 Å². The highest BCUT2D eigenvalue weighted by atomic mass is 32.1. The van der Waals surface area contributed by atoms with Crippen molar-refractivity contribution < 1.29 is 4.79 Å². The predicted molar refractivity (Wildman–Crippen MR) is 65.7 cm³/mol. The molecule has 16 heavy (non-hydrogen) atoms. The van der Waals surface area contributed by atoms with Crippen LogP contribution in [0.1, 0.15) is 21.1 Å². The zero-order valence-corrected chi connectivity index (χ0v) is 9.99. The second-order valence-corrected chi connectivity index (χ2v) is 4.51. The van der Waals surface area contributed by atoms with Crippen molar-refractivity contribution in [1.82, 2.24) is 9.78 Å². The Kier molecular flexibility index (Phi) is 3.01. The zero-order valence-electron chi connectivity index (χ0n) is 9.18. The number of allylic oxidation sites excluding steroid dienone is 1. The van der Waals surface area contributed by atoms with Crippen LogP contribution in [0.5, 0.6) is 0 Å². The third kappa shape index (κ3) is 2.28. The van der Waals surface area contributed by atoms with Crippen molar-refractivity contribution in [2.75, 3.05) is 0 Å². The maximum Gasteiger partial charge on any atom is 0.271 e. The van der Waals surface area contributed by atoms with E-state index in [-0.39, 0.29) is 5.91 Å². The van der Waals surface area contributed by atoms with Crippen LogP contribution in [0.15, 0.2) is 29.7 Å². The quantitative estimate of drug-likeness (QED) is 0.746. The van der Waals surface area contributed by atoms with Gasteiger partial charge in [0.15, 0.2) is 0 Å². The summed E-state index contributed by atoms with van der Waals surface area (Å²) in [6, 6.07) is 5.81. The Morgan fingerprint density at radius 3 is 2.88 bits per heavy atom. The predicted octanol–water partition coefficient (Wildman–Crippen LogP) is 2.92. The molecule has 0 aliphatic heterocycles. The molecule has 2 aromatic heterocycles. The minimum absolute atomic E-state index is 0.112. The Balaban J connectivity index is 2.17. The molecule has 0 amide bonds. The van der Waals surface area contributed by atoms with Gasteiger partial charge in [0.2, 0.25) is 0 Å². The van der Waals surface area contributed by atoms with E-state index in [9.17, 15) is 4.79 Å². The largest absolute Gasteiger partial charge is 0.271 e. The van der Waals surface area contributed by atoms with Gasteiger partial charge in [0.05, 0.1) is 5.69 Å². The van der Waals surface area contributed by atoms with Crippen molar-refractivity contribution in [3.05, 3.63) is 45.9 Å². The lowest BCUT2D eigenvalue weighted by Gasteiger charge is -1.96. The normalized spacial score (nSPS) is 11.1. The zero-order chi connectivity index (χ0) is 11.5. The van der Waals surface area contributed by atoms with Crippen LogP contribution in [0.4, 0.5) is 0 Å².